The van der Waals surface area contributed by atoms with Gasteiger partial charge in [0.2, 0.25) is 0 Å². The van der Waals surface area contributed by atoms with E-state index in [0.717, 1.165) is 78.5 Å². The van der Waals surface area contributed by atoms with Gasteiger partial charge in [-0.1, -0.05) is 140 Å². The van der Waals surface area contributed by atoms with E-state index in [1.807, 2.05) is 12.1 Å². The summed E-state index contributed by atoms with van der Waals surface area (Å²) in [6.07, 6.45) is 0. The Morgan fingerprint density at radius 3 is 1.75 bits per heavy atom. The van der Waals surface area contributed by atoms with Crippen LogP contribution in [0.1, 0.15) is 0 Å². The first-order valence-corrected chi connectivity index (χ1v) is 20.1. The van der Waals surface area contributed by atoms with Crippen molar-refractivity contribution in [2.45, 2.75) is 0 Å². The summed E-state index contributed by atoms with van der Waals surface area (Å²) in [5, 5.41) is 2.09. The van der Waals surface area contributed by atoms with Crippen molar-refractivity contribution in [2.24, 2.45) is 0 Å². The first-order chi connectivity index (χ1) is 29.3. The molecule has 1 aromatic heterocycles. The summed E-state index contributed by atoms with van der Waals surface area (Å²) in [5.74, 6) is 1.62. The molecule has 0 fully saturated rings. The maximum Gasteiger partial charge on any atom is 0.256 e. The molecular weight excluding hydrogens is 719 g/mol. The number of rotatable bonds is 6. The molecule has 0 N–H and O–H groups in total. The first-order valence-electron chi connectivity index (χ1n) is 20.1. The van der Waals surface area contributed by atoms with Crippen LogP contribution in [-0.2, 0) is 0 Å². The molecule has 0 bridgehead atoms. The molecule has 12 rings (SSSR count). The molecule has 0 amide bonds. The van der Waals surface area contributed by atoms with E-state index in [1.165, 1.54) is 27.7 Å². The van der Waals surface area contributed by atoms with Crippen molar-refractivity contribution in [3.05, 3.63) is 212 Å². The largest absolute Gasteiger partial charge is 0.454 e. The number of hydrogen-bond acceptors (Lipinski definition) is 4. The summed E-state index contributed by atoms with van der Waals surface area (Å²) < 4.78 is 14.0. The zero-order valence-electron chi connectivity index (χ0n) is 32.0. The molecule has 0 saturated carbocycles. The lowest BCUT2D eigenvalue weighted by molar-refractivity contribution is 0.481. The molecule has 0 spiro atoms. The molecule has 9 aromatic carbocycles. The van der Waals surface area contributed by atoms with Crippen molar-refractivity contribution in [2.75, 3.05) is 9.80 Å². The topological polar surface area (TPSA) is 28.9 Å². The summed E-state index contributed by atoms with van der Waals surface area (Å²) in [4.78, 5) is 4.69. The van der Waals surface area contributed by atoms with E-state index in [0.29, 0.717) is 0 Å². The van der Waals surface area contributed by atoms with E-state index in [2.05, 4.69) is 210 Å². The van der Waals surface area contributed by atoms with Gasteiger partial charge in [-0.3, -0.25) is 0 Å². The average Bonchev–Trinajstić information content (AvgIpc) is 3.69. The van der Waals surface area contributed by atoms with Crippen molar-refractivity contribution >= 4 is 79.2 Å². The Bertz CT molecular complexity index is 3160. The number of benzene rings is 9. The van der Waals surface area contributed by atoms with Gasteiger partial charge in [0, 0.05) is 51.0 Å². The Kier molecular flexibility index (Phi) is 7.60. The quantitative estimate of drug-likeness (QED) is 0.158. The Morgan fingerprint density at radius 1 is 0.424 bits per heavy atom. The molecule has 0 unspecified atom stereocenters. The molecule has 0 saturated heterocycles. The minimum Gasteiger partial charge on any atom is -0.454 e. The molecule has 4 nitrogen and oxygen atoms in total. The Balaban J connectivity index is 1.04. The maximum absolute atomic E-state index is 7.04. The second kappa shape index (κ2) is 13.4. The van der Waals surface area contributed by atoms with Crippen molar-refractivity contribution in [3.8, 4) is 33.8 Å². The standard InChI is InChI=1S/C54H35BN2O2/c1-5-15-36(16-6-1)38-19-13-24-42(33-38)57-48-25-14-26-50-52(48)55(46-31-27-39(34-49(46)57)37-17-7-2-8-18-37)47-32-30-45-44-29-28-43(35-51(44)59-53(45)54(47)58-50)56(40-20-9-3-10-21-40)41-22-11-4-12-23-41/h1-35H. The SMILES string of the molecule is c1ccc(-c2cccc(N3c4cc(-c5ccccc5)ccc4B4c5ccc6c(oc7cc(N(c8ccccc8)c8ccccc8)ccc76)c5Oc5cccc3c54)c2)cc1. The number of furan rings is 1. The second-order valence-corrected chi connectivity index (χ2v) is 15.3. The third-order valence-electron chi connectivity index (χ3n) is 11.9. The van der Waals surface area contributed by atoms with E-state index in [-0.39, 0.29) is 6.71 Å². The van der Waals surface area contributed by atoms with Crippen LogP contribution in [0.25, 0.3) is 44.2 Å². The van der Waals surface area contributed by atoms with Crippen LogP contribution >= 0.6 is 0 Å². The van der Waals surface area contributed by atoms with E-state index < -0.39 is 0 Å². The predicted octanol–water partition coefficient (Wildman–Crippen LogP) is 12.8. The Hall–Kier alpha value is -7.76. The third-order valence-corrected chi connectivity index (χ3v) is 11.9. The van der Waals surface area contributed by atoms with Crippen LogP contribution in [0.15, 0.2) is 217 Å². The summed E-state index contributed by atoms with van der Waals surface area (Å²) in [7, 11) is 0. The molecule has 3 heterocycles. The summed E-state index contributed by atoms with van der Waals surface area (Å²) in [6.45, 7) is -0.0712. The van der Waals surface area contributed by atoms with Crippen LogP contribution in [-0.4, -0.2) is 6.71 Å². The van der Waals surface area contributed by atoms with Gasteiger partial charge in [0.1, 0.15) is 11.3 Å². The lowest BCUT2D eigenvalue weighted by atomic mass is 9.34. The first kappa shape index (κ1) is 33.4. The van der Waals surface area contributed by atoms with Crippen molar-refractivity contribution in [1.29, 1.82) is 0 Å². The predicted molar refractivity (Wildman–Crippen MR) is 245 cm³/mol. The molecule has 59 heavy (non-hydrogen) atoms. The van der Waals surface area contributed by atoms with Gasteiger partial charge < -0.3 is 19.0 Å². The van der Waals surface area contributed by atoms with Gasteiger partial charge in [0.15, 0.2) is 11.3 Å². The second-order valence-electron chi connectivity index (χ2n) is 15.3. The molecule has 0 radical (unpaired) electrons. The zero-order chi connectivity index (χ0) is 38.9. The van der Waals surface area contributed by atoms with Crippen LogP contribution in [0, 0.1) is 0 Å². The minimum absolute atomic E-state index is 0.0712. The van der Waals surface area contributed by atoms with E-state index >= 15 is 0 Å². The van der Waals surface area contributed by atoms with Crippen molar-refractivity contribution in [3.63, 3.8) is 0 Å². The third kappa shape index (κ3) is 5.39. The van der Waals surface area contributed by atoms with Crippen LogP contribution in [0.3, 0.4) is 0 Å². The fourth-order valence-electron chi connectivity index (χ4n) is 9.24. The van der Waals surface area contributed by atoms with Crippen LogP contribution < -0.4 is 30.9 Å². The molecule has 0 aliphatic carbocycles. The van der Waals surface area contributed by atoms with Gasteiger partial charge in [0.25, 0.3) is 6.71 Å². The molecule has 276 valence electrons. The normalized spacial score (nSPS) is 12.5. The fourth-order valence-corrected chi connectivity index (χ4v) is 9.24. The highest BCUT2D eigenvalue weighted by molar-refractivity contribution is 6.99. The van der Waals surface area contributed by atoms with Gasteiger partial charge in [-0.2, -0.15) is 0 Å². The molecule has 0 atom stereocenters. The molecule has 10 aromatic rings. The molecule has 2 aliphatic rings. The van der Waals surface area contributed by atoms with Crippen LogP contribution in [0.4, 0.5) is 34.1 Å². The van der Waals surface area contributed by atoms with Gasteiger partial charge in [0.05, 0.1) is 0 Å². The zero-order valence-corrected chi connectivity index (χ0v) is 32.0. The number of anilines is 6. The summed E-state index contributed by atoms with van der Waals surface area (Å²) >= 11 is 0. The number of para-hydroxylation sites is 2. The smallest absolute Gasteiger partial charge is 0.256 e. The van der Waals surface area contributed by atoms with Gasteiger partial charge >= 0.3 is 0 Å². The molecular formula is C54H35BN2O2. The fraction of sp³-hybridized carbons (Fsp3) is 0. The van der Waals surface area contributed by atoms with E-state index in [9.17, 15) is 0 Å². The lowest BCUT2D eigenvalue weighted by Gasteiger charge is -2.40. The summed E-state index contributed by atoms with van der Waals surface area (Å²) in [5.41, 5.74) is 16.3. The van der Waals surface area contributed by atoms with Crippen LogP contribution in [0.5, 0.6) is 11.5 Å². The lowest BCUT2D eigenvalue weighted by Crippen LogP contribution is -2.59. The molecule has 5 heteroatoms. The van der Waals surface area contributed by atoms with Crippen molar-refractivity contribution < 1.29 is 9.15 Å². The number of ether oxygens (including phenoxy) is 1. The van der Waals surface area contributed by atoms with Gasteiger partial charge in [-0.05, 0) is 105 Å². The number of fused-ring (bicyclic) bond motifs is 8. The van der Waals surface area contributed by atoms with Crippen LogP contribution in [0.2, 0.25) is 0 Å². The van der Waals surface area contributed by atoms with E-state index in [4.69, 9.17) is 9.15 Å². The highest BCUT2D eigenvalue weighted by atomic mass is 16.5. The van der Waals surface area contributed by atoms with Gasteiger partial charge in [-0.15, -0.1) is 0 Å². The average molecular weight is 755 g/mol. The highest BCUT2D eigenvalue weighted by Gasteiger charge is 2.43. The highest BCUT2D eigenvalue weighted by Crippen LogP contribution is 2.46. The number of nitrogens with zero attached hydrogens (tertiary/aromatic N) is 2. The Morgan fingerprint density at radius 2 is 1.03 bits per heavy atom. The van der Waals surface area contributed by atoms with Crippen molar-refractivity contribution in [1.82, 2.24) is 0 Å². The minimum atomic E-state index is -0.0712. The van der Waals surface area contributed by atoms with Gasteiger partial charge in [-0.25, -0.2) is 0 Å². The summed E-state index contributed by atoms with van der Waals surface area (Å²) in [6, 6.07) is 75.4. The molecule has 2 aliphatic heterocycles. The monoisotopic (exact) mass is 754 g/mol. The van der Waals surface area contributed by atoms with E-state index in [1.54, 1.807) is 0 Å². The number of hydrogen-bond donors (Lipinski definition) is 0. The Labute approximate surface area is 342 Å². The maximum atomic E-state index is 7.04.